The Morgan fingerprint density at radius 3 is 2.68 bits per heavy atom. The van der Waals surface area contributed by atoms with E-state index in [9.17, 15) is 18.7 Å². The van der Waals surface area contributed by atoms with E-state index in [-0.39, 0.29) is 12.1 Å². The van der Waals surface area contributed by atoms with E-state index < -0.39 is 23.1 Å². The van der Waals surface area contributed by atoms with E-state index in [4.69, 9.17) is 11.6 Å². The first kappa shape index (κ1) is 17.8. The molecular weight excluding hydrogens is 368 g/mol. The van der Waals surface area contributed by atoms with Gasteiger partial charge in [-0.2, -0.15) is 0 Å². The molecule has 1 atom stereocenters. The topological polar surface area (TPSA) is 49.3 Å². The van der Waals surface area contributed by atoms with Crippen molar-refractivity contribution in [3.05, 3.63) is 69.6 Å². The number of carbonyl (C=O) groups is 1. The monoisotopic (exact) mass is 381 g/mol. The van der Waals surface area contributed by atoms with Crippen LogP contribution in [0.5, 0.6) is 0 Å². The molecule has 0 saturated heterocycles. The third kappa shape index (κ3) is 3.51. The SMILES string of the molecule is CC(O)(CNC(=O)c1sc2ccccc2c1Cl)c1ccc(F)cc1F. The quantitative estimate of drug-likeness (QED) is 0.700. The van der Waals surface area contributed by atoms with Gasteiger partial charge in [-0.3, -0.25) is 4.79 Å². The highest BCUT2D eigenvalue weighted by Gasteiger charge is 2.28. The van der Waals surface area contributed by atoms with Gasteiger partial charge < -0.3 is 10.4 Å². The van der Waals surface area contributed by atoms with Crippen LogP contribution in [0.15, 0.2) is 42.5 Å². The molecule has 1 amide bonds. The van der Waals surface area contributed by atoms with Crippen LogP contribution < -0.4 is 5.32 Å². The first-order chi connectivity index (χ1) is 11.8. The fourth-order valence-electron chi connectivity index (χ4n) is 2.51. The zero-order valence-corrected chi connectivity index (χ0v) is 14.7. The first-order valence-corrected chi connectivity index (χ1v) is 8.62. The molecule has 7 heteroatoms. The van der Waals surface area contributed by atoms with Gasteiger partial charge in [-0.25, -0.2) is 8.78 Å². The minimum atomic E-state index is -1.70. The standard InChI is InChI=1S/C18H14ClF2NO2S/c1-18(24,12-7-6-10(20)8-13(12)21)9-22-17(23)16-15(19)11-4-2-3-5-14(11)25-16/h2-8,24H,9H2,1H3,(H,22,23). The van der Waals surface area contributed by atoms with Crippen molar-refractivity contribution < 1.29 is 18.7 Å². The minimum Gasteiger partial charge on any atom is -0.383 e. The summed E-state index contributed by atoms with van der Waals surface area (Å²) in [6.45, 7) is 1.09. The molecule has 0 saturated carbocycles. The van der Waals surface area contributed by atoms with Crippen molar-refractivity contribution in [2.24, 2.45) is 0 Å². The molecule has 3 nitrogen and oxygen atoms in total. The van der Waals surface area contributed by atoms with Gasteiger partial charge in [0.25, 0.3) is 5.91 Å². The van der Waals surface area contributed by atoms with E-state index in [1.54, 1.807) is 0 Å². The van der Waals surface area contributed by atoms with Crippen LogP contribution in [0.25, 0.3) is 10.1 Å². The number of nitrogens with one attached hydrogen (secondary N) is 1. The van der Waals surface area contributed by atoms with Crippen LogP contribution in [0.3, 0.4) is 0 Å². The molecule has 0 bridgehead atoms. The molecule has 3 rings (SSSR count). The van der Waals surface area contributed by atoms with Crippen LogP contribution >= 0.6 is 22.9 Å². The molecule has 2 aromatic carbocycles. The molecule has 0 radical (unpaired) electrons. The maximum absolute atomic E-state index is 13.9. The fraction of sp³-hybridized carbons (Fsp3) is 0.167. The number of benzene rings is 2. The van der Waals surface area contributed by atoms with Gasteiger partial charge >= 0.3 is 0 Å². The number of fused-ring (bicyclic) bond motifs is 1. The van der Waals surface area contributed by atoms with Crippen molar-refractivity contribution in [2.75, 3.05) is 6.54 Å². The highest BCUT2D eigenvalue weighted by atomic mass is 35.5. The van der Waals surface area contributed by atoms with E-state index in [0.717, 1.165) is 22.2 Å². The van der Waals surface area contributed by atoms with Gasteiger partial charge in [-0.1, -0.05) is 35.9 Å². The van der Waals surface area contributed by atoms with Gasteiger partial charge in [0.2, 0.25) is 0 Å². The van der Waals surface area contributed by atoms with Crippen molar-refractivity contribution in [2.45, 2.75) is 12.5 Å². The van der Waals surface area contributed by atoms with Crippen LogP contribution in [0.4, 0.5) is 8.78 Å². The summed E-state index contributed by atoms with van der Waals surface area (Å²) in [5, 5.41) is 14.1. The zero-order valence-electron chi connectivity index (χ0n) is 13.1. The van der Waals surface area contributed by atoms with Crippen molar-refractivity contribution in [3.8, 4) is 0 Å². The summed E-state index contributed by atoms with van der Waals surface area (Å²) < 4.78 is 27.7. The van der Waals surface area contributed by atoms with E-state index in [1.807, 2.05) is 24.3 Å². The van der Waals surface area contributed by atoms with Crippen molar-refractivity contribution in [1.82, 2.24) is 5.32 Å². The molecule has 0 fully saturated rings. The Kier molecular flexibility index (Phi) is 4.77. The number of carbonyl (C=O) groups excluding carboxylic acids is 1. The Bertz CT molecular complexity index is 955. The van der Waals surface area contributed by atoms with Gasteiger partial charge in [0.15, 0.2) is 0 Å². The summed E-state index contributed by atoms with van der Waals surface area (Å²) >= 11 is 7.48. The maximum Gasteiger partial charge on any atom is 0.263 e. The average molecular weight is 382 g/mol. The number of rotatable bonds is 4. The predicted octanol–water partition coefficient (Wildman–Crippen LogP) is 4.47. The lowest BCUT2D eigenvalue weighted by molar-refractivity contribution is 0.0495. The molecule has 1 heterocycles. The van der Waals surface area contributed by atoms with Crippen molar-refractivity contribution >= 4 is 38.9 Å². The summed E-state index contributed by atoms with van der Waals surface area (Å²) in [7, 11) is 0. The second-order valence-corrected chi connectivity index (χ2v) is 7.25. The largest absolute Gasteiger partial charge is 0.383 e. The molecule has 0 spiro atoms. The molecule has 1 unspecified atom stereocenters. The average Bonchev–Trinajstić information content (AvgIpc) is 2.90. The molecular formula is C18H14ClF2NO2S. The van der Waals surface area contributed by atoms with E-state index in [0.29, 0.717) is 16.0 Å². The third-order valence-electron chi connectivity index (χ3n) is 3.85. The molecule has 0 aliphatic heterocycles. The summed E-state index contributed by atoms with van der Waals surface area (Å²) in [5.74, 6) is -2.08. The number of aliphatic hydroxyl groups is 1. The van der Waals surface area contributed by atoms with Crippen LogP contribution in [-0.4, -0.2) is 17.6 Å². The number of hydrogen-bond donors (Lipinski definition) is 2. The number of thiophene rings is 1. The van der Waals surface area contributed by atoms with Gasteiger partial charge in [0.05, 0.1) is 11.6 Å². The molecule has 0 aliphatic rings. The smallest absolute Gasteiger partial charge is 0.263 e. The fourth-order valence-corrected chi connectivity index (χ4v) is 3.95. The Hall–Kier alpha value is -2.02. The van der Waals surface area contributed by atoms with Gasteiger partial charge in [0, 0.05) is 21.7 Å². The van der Waals surface area contributed by atoms with Crippen LogP contribution in [0.2, 0.25) is 5.02 Å². The number of halogens is 3. The van der Waals surface area contributed by atoms with Crippen LogP contribution in [0, 0.1) is 11.6 Å². The minimum absolute atomic E-state index is 0.100. The molecule has 3 aromatic rings. The number of hydrogen-bond acceptors (Lipinski definition) is 3. The Morgan fingerprint density at radius 1 is 1.28 bits per heavy atom. The lowest BCUT2D eigenvalue weighted by Gasteiger charge is -2.24. The summed E-state index contributed by atoms with van der Waals surface area (Å²) in [5.41, 5.74) is -1.80. The Morgan fingerprint density at radius 2 is 2.00 bits per heavy atom. The number of amides is 1. The summed E-state index contributed by atoms with van der Waals surface area (Å²) in [6.07, 6.45) is 0. The molecule has 0 aliphatic carbocycles. The second kappa shape index (κ2) is 6.71. The highest BCUT2D eigenvalue weighted by Crippen LogP contribution is 2.35. The van der Waals surface area contributed by atoms with Crippen molar-refractivity contribution in [3.63, 3.8) is 0 Å². The van der Waals surface area contributed by atoms with E-state index in [1.165, 1.54) is 18.3 Å². The third-order valence-corrected chi connectivity index (χ3v) is 5.52. The normalized spacial score (nSPS) is 13.6. The second-order valence-electron chi connectivity index (χ2n) is 5.82. The molecule has 2 N–H and O–H groups in total. The van der Waals surface area contributed by atoms with Gasteiger partial charge in [-0.05, 0) is 19.1 Å². The maximum atomic E-state index is 13.9. The predicted molar refractivity (Wildman–Crippen MR) is 95.1 cm³/mol. The summed E-state index contributed by atoms with van der Waals surface area (Å²) in [4.78, 5) is 12.7. The highest BCUT2D eigenvalue weighted by molar-refractivity contribution is 7.21. The van der Waals surface area contributed by atoms with Crippen LogP contribution in [-0.2, 0) is 5.60 Å². The lowest BCUT2D eigenvalue weighted by atomic mass is 9.95. The van der Waals surface area contributed by atoms with Gasteiger partial charge in [0.1, 0.15) is 22.1 Å². The first-order valence-electron chi connectivity index (χ1n) is 7.43. The molecule has 1 aromatic heterocycles. The van der Waals surface area contributed by atoms with Crippen molar-refractivity contribution in [1.29, 1.82) is 0 Å². The summed E-state index contributed by atoms with van der Waals surface area (Å²) in [6, 6.07) is 10.2. The lowest BCUT2D eigenvalue weighted by Crippen LogP contribution is -2.39. The van der Waals surface area contributed by atoms with E-state index >= 15 is 0 Å². The van der Waals surface area contributed by atoms with Gasteiger partial charge in [-0.15, -0.1) is 11.3 Å². The van der Waals surface area contributed by atoms with E-state index in [2.05, 4.69) is 5.32 Å². The Labute approximate surface area is 151 Å². The molecule has 25 heavy (non-hydrogen) atoms. The zero-order chi connectivity index (χ0) is 18.2. The molecule has 130 valence electrons. The Balaban J connectivity index is 1.79. The van der Waals surface area contributed by atoms with Crippen LogP contribution in [0.1, 0.15) is 22.2 Å².